The van der Waals surface area contributed by atoms with Crippen LogP contribution in [0.4, 0.5) is 0 Å². The van der Waals surface area contributed by atoms with Crippen LogP contribution in [0.2, 0.25) is 0 Å². The second kappa shape index (κ2) is 5.08. The number of benzene rings is 2. The van der Waals surface area contributed by atoms with Crippen LogP contribution in [-0.2, 0) is 6.61 Å². The molecule has 0 saturated carbocycles. The first kappa shape index (κ1) is 11.1. The van der Waals surface area contributed by atoms with Crippen molar-refractivity contribution in [2.24, 2.45) is 0 Å². The van der Waals surface area contributed by atoms with Gasteiger partial charge in [0.2, 0.25) is 0 Å². The van der Waals surface area contributed by atoms with Crippen molar-refractivity contribution in [1.82, 2.24) is 0 Å². The van der Waals surface area contributed by atoms with E-state index in [9.17, 15) is 0 Å². The van der Waals surface area contributed by atoms with E-state index in [0.29, 0.717) is 6.61 Å². The molecule has 0 heterocycles. The number of hydrogen-bond donors (Lipinski definition) is 1. The minimum atomic E-state index is 0.596. The monoisotopic (exact) mass is 230 g/mol. The summed E-state index contributed by atoms with van der Waals surface area (Å²) in [5, 5.41) is 0. The molecule has 0 aliphatic carbocycles. The largest absolute Gasteiger partial charge is 0.489 e. The van der Waals surface area contributed by atoms with E-state index in [1.54, 1.807) is 0 Å². The molecule has 0 fully saturated rings. The van der Waals surface area contributed by atoms with Gasteiger partial charge in [0.25, 0.3) is 0 Å². The molecule has 2 aromatic carbocycles. The molecule has 2 rings (SSSR count). The van der Waals surface area contributed by atoms with Gasteiger partial charge in [-0.05, 0) is 30.7 Å². The molecule has 0 radical (unpaired) electrons. The zero-order valence-electron chi connectivity index (χ0n) is 9.18. The molecule has 0 aromatic heterocycles. The van der Waals surface area contributed by atoms with Crippen LogP contribution in [-0.4, -0.2) is 0 Å². The molecule has 0 N–H and O–H groups in total. The molecule has 82 valence electrons. The molecule has 0 spiro atoms. The Labute approximate surface area is 101 Å². The Bertz CT molecular complexity index is 434. The molecule has 0 atom stereocenters. The minimum absolute atomic E-state index is 0.596. The highest BCUT2D eigenvalue weighted by Crippen LogP contribution is 2.17. The summed E-state index contributed by atoms with van der Waals surface area (Å²) in [6.07, 6.45) is 0. The molecule has 2 heteroatoms. The highest BCUT2D eigenvalue weighted by atomic mass is 32.1. The molecule has 1 nitrogen and oxygen atoms in total. The van der Waals surface area contributed by atoms with Gasteiger partial charge in [0.05, 0.1) is 0 Å². The van der Waals surface area contributed by atoms with E-state index >= 15 is 0 Å². The third kappa shape index (κ3) is 3.04. The van der Waals surface area contributed by atoms with Crippen LogP contribution in [0.1, 0.15) is 11.1 Å². The lowest BCUT2D eigenvalue weighted by atomic mass is 10.1. The third-order valence-corrected chi connectivity index (χ3v) is 2.58. The zero-order chi connectivity index (χ0) is 11.4. The van der Waals surface area contributed by atoms with Gasteiger partial charge >= 0.3 is 0 Å². The summed E-state index contributed by atoms with van der Waals surface area (Å²) in [5.41, 5.74) is 2.44. The van der Waals surface area contributed by atoms with Crippen molar-refractivity contribution in [3.63, 3.8) is 0 Å². The van der Waals surface area contributed by atoms with Crippen molar-refractivity contribution in [1.29, 1.82) is 0 Å². The lowest BCUT2D eigenvalue weighted by Gasteiger charge is -2.07. The first-order chi connectivity index (χ1) is 7.74. The summed E-state index contributed by atoms with van der Waals surface area (Å²) in [6, 6.07) is 16.0. The van der Waals surface area contributed by atoms with E-state index in [4.69, 9.17) is 4.74 Å². The Morgan fingerprint density at radius 3 is 2.62 bits per heavy atom. The Kier molecular flexibility index (Phi) is 3.52. The van der Waals surface area contributed by atoms with Gasteiger partial charge in [0, 0.05) is 4.90 Å². The van der Waals surface area contributed by atoms with Crippen LogP contribution in [0.15, 0.2) is 53.4 Å². The average Bonchev–Trinajstić information content (AvgIpc) is 2.27. The second-order valence-corrected chi connectivity index (χ2v) is 4.29. The molecule has 0 aliphatic heterocycles. The Morgan fingerprint density at radius 2 is 1.88 bits per heavy atom. The highest BCUT2D eigenvalue weighted by molar-refractivity contribution is 7.80. The third-order valence-electron chi connectivity index (χ3n) is 2.31. The summed E-state index contributed by atoms with van der Waals surface area (Å²) >= 11 is 4.27. The van der Waals surface area contributed by atoms with Crippen LogP contribution in [0.5, 0.6) is 5.75 Å². The molecular formula is C14H14OS. The number of hydrogen-bond acceptors (Lipinski definition) is 2. The SMILES string of the molecule is Cc1cccc(COc2cccc(S)c2)c1. The van der Waals surface area contributed by atoms with Crippen molar-refractivity contribution in [2.75, 3.05) is 0 Å². The van der Waals surface area contributed by atoms with E-state index in [-0.39, 0.29) is 0 Å². The second-order valence-electron chi connectivity index (χ2n) is 3.78. The maximum absolute atomic E-state index is 5.68. The molecule has 0 unspecified atom stereocenters. The molecule has 16 heavy (non-hydrogen) atoms. The predicted molar refractivity (Wildman–Crippen MR) is 69.2 cm³/mol. The molecule has 0 saturated heterocycles. The van der Waals surface area contributed by atoms with Crippen molar-refractivity contribution in [2.45, 2.75) is 18.4 Å². The summed E-state index contributed by atoms with van der Waals surface area (Å²) in [6.45, 7) is 2.68. The van der Waals surface area contributed by atoms with E-state index in [1.807, 2.05) is 30.3 Å². The smallest absolute Gasteiger partial charge is 0.120 e. The van der Waals surface area contributed by atoms with Gasteiger partial charge in [-0.1, -0.05) is 35.9 Å². The summed E-state index contributed by atoms with van der Waals surface area (Å²) in [7, 11) is 0. The molecule has 0 bridgehead atoms. The van der Waals surface area contributed by atoms with Gasteiger partial charge in [-0.15, -0.1) is 12.6 Å². The maximum atomic E-state index is 5.68. The van der Waals surface area contributed by atoms with Crippen LogP contribution < -0.4 is 4.74 Å². The van der Waals surface area contributed by atoms with Crippen LogP contribution in [0.25, 0.3) is 0 Å². The van der Waals surface area contributed by atoms with Crippen LogP contribution in [0.3, 0.4) is 0 Å². The molecule has 0 aliphatic rings. The molecule has 2 aromatic rings. The fraction of sp³-hybridized carbons (Fsp3) is 0.143. The van der Waals surface area contributed by atoms with E-state index in [1.165, 1.54) is 11.1 Å². The predicted octanol–water partition coefficient (Wildman–Crippen LogP) is 3.86. The van der Waals surface area contributed by atoms with Gasteiger partial charge in [-0.3, -0.25) is 0 Å². The van der Waals surface area contributed by atoms with Gasteiger partial charge in [0.15, 0.2) is 0 Å². The average molecular weight is 230 g/mol. The highest BCUT2D eigenvalue weighted by Gasteiger charge is 1.96. The molecule has 0 amide bonds. The van der Waals surface area contributed by atoms with Gasteiger partial charge < -0.3 is 4.74 Å². The first-order valence-electron chi connectivity index (χ1n) is 5.21. The lowest BCUT2D eigenvalue weighted by molar-refractivity contribution is 0.305. The van der Waals surface area contributed by atoms with Crippen molar-refractivity contribution >= 4 is 12.6 Å². The van der Waals surface area contributed by atoms with E-state index in [2.05, 4.69) is 37.8 Å². The Balaban J connectivity index is 2.02. The van der Waals surface area contributed by atoms with Gasteiger partial charge in [0.1, 0.15) is 12.4 Å². The number of aryl methyl sites for hydroxylation is 1. The molecular weight excluding hydrogens is 216 g/mol. The normalized spacial score (nSPS) is 10.1. The maximum Gasteiger partial charge on any atom is 0.120 e. The number of thiol groups is 1. The van der Waals surface area contributed by atoms with Crippen molar-refractivity contribution in [3.05, 3.63) is 59.7 Å². The first-order valence-corrected chi connectivity index (χ1v) is 5.66. The standard InChI is InChI=1S/C14H14OS/c1-11-4-2-5-12(8-11)10-15-13-6-3-7-14(16)9-13/h2-9,16H,10H2,1H3. The fourth-order valence-corrected chi connectivity index (χ4v) is 1.76. The summed E-state index contributed by atoms with van der Waals surface area (Å²) in [5.74, 6) is 0.856. The van der Waals surface area contributed by atoms with Gasteiger partial charge in [-0.25, -0.2) is 0 Å². The number of ether oxygens (including phenoxy) is 1. The van der Waals surface area contributed by atoms with Crippen LogP contribution in [0, 0.1) is 6.92 Å². The van der Waals surface area contributed by atoms with E-state index in [0.717, 1.165) is 10.6 Å². The van der Waals surface area contributed by atoms with E-state index < -0.39 is 0 Å². The Hall–Kier alpha value is -1.41. The minimum Gasteiger partial charge on any atom is -0.489 e. The fourth-order valence-electron chi connectivity index (χ4n) is 1.54. The van der Waals surface area contributed by atoms with Crippen molar-refractivity contribution in [3.8, 4) is 5.75 Å². The zero-order valence-corrected chi connectivity index (χ0v) is 10.1. The Morgan fingerprint density at radius 1 is 1.06 bits per heavy atom. The summed E-state index contributed by atoms with van der Waals surface area (Å²) < 4.78 is 5.68. The van der Waals surface area contributed by atoms with Crippen molar-refractivity contribution < 1.29 is 4.74 Å². The quantitative estimate of drug-likeness (QED) is 0.788. The summed E-state index contributed by atoms with van der Waals surface area (Å²) in [4.78, 5) is 0.918. The lowest BCUT2D eigenvalue weighted by Crippen LogP contribution is -1.95. The number of rotatable bonds is 3. The van der Waals surface area contributed by atoms with Crippen LogP contribution >= 0.6 is 12.6 Å². The van der Waals surface area contributed by atoms with Gasteiger partial charge in [-0.2, -0.15) is 0 Å². The topological polar surface area (TPSA) is 9.23 Å².